The van der Waals surface area contributed by atoms with Crippen molar-refractivity contribution in [2.45, 2.75) is 45.9 Å². The van der Waals surface area contributed by atoms with Crippen LogP contribution in [0.4, 0.5) is 0 Å². The fourth-order valence-corrected chi connectivity index (χ4v) is 2.88. The van der Waals surface area contributed by atoms with Gasteiger partial charge in [-0.25, -0.2) is 0 Å². The van der Waals surface area contributed by atoms with Gasteiger partial charge in [0.2, 0.25) is 0 Å². The Kier molecular flexibility index (Phi) is 4.16. The minimum atomic E-state index is -0.163. The Labute approximate surface area is 134 Å². The van der Waals surface area contributed by atoms with Gasteiger partial charge in [0.25, 0.3) is 5.91 Å². The summed E-state index contributed by atoms with van der Waals surface area (Å²) in [4.78, 5) is 14.4. The number of amides is 1. The quantitative estimate of drug-likeness (QED) is 0.853. The first-order valence-corrected chi connectivity index (χ1v) is 7.71. The van der Waals surface area contributed by atoms with E-state index in [4.69, 9.17) is 9.26 Å². The highest BCUT2D eigenvalue weighted by Crippen LogP contribution is 2.27. The molecule has 1 unspecified atom stereocenters. The van der Waals surface area contributed by atoms with Crippen molar-refractivity contribution >= 4 is 5.91 Å². The molecule has 1 amide bonds. The summed E-state index contributed by atoms with van der Waals surface area (Å²) >= 11 is 0. The molecule has 2 aromatic heterocycles. The molecular formula is C15H21N5O3. The van der Waals surface area contributed by atoms with Crippen LogP contribution < -0.4 is 0 Å². The fourth-order valence-electron chi connectivity index (χ4n) is 2.88. The van der Waals surface area contributed by atoms with Gasteiger partial charge in [-0.3, -0.25) is 4.79 Å². The third kappa shape index (κ3) is 2.74. The lowest BCUT2D eigenvalue weighted by Crippen LogP contribution is -2.41. The number of hydrogen-bond donors (Lipinski definition) is 0. The topological polar surface area (TPSA) is 86.3 Å². The summed E-state index contributed by atoms with van der Waals surface area (Å²) in [5.41, 5.74) is 0.293. The Morgan fingerprint density at radius 1 is 1.43 bits per heavy atom. The lowest BCUT2D eigenvalue weighted by molar-refractivity contribution is 0.0625. The zero-order valence-electron chi connectivity index (χ0n) is 13.8. The largest absolute Gasteiger partial charge is 0.377 e. The van der Waals surface area contributed by atoms with Crippen molar-refractivity contribution in [1.29, 1.82) is 0 Å². The minimum Gasteiger partial charge on any atom is -0.377 e. The Morgan fingerprint density at radius 2 is 2.22 bits per heavy atom. The van der Waals surface area contributed by atoms with Crippen LogP contribution >= 0.6 is 0 Å². The van der Waals surface area contributed by atoms with Gasteiger partial charge in [0.15, 0.2) is 17.3 Å². The fraction of sp³-hybridized carbons (Fsp3) is 0.600. The molecular weight excluding hydrogens is 298 g/mol. The second-order valence-electron chi connectivity index (χ2n) is 6.01. The molecule has 0 fully saturated rings. The summed E-state index contributed by atoms with van der Waals surface area (Å²) in [7, 11) is 1.57. The molecule has 0 saturated carbocycles. The molecule has 8 nitrogen and oxygen atoms in total. The van der Waals surface area contributed by atoms with E-state index in [9.17, 15) is 4.79 Å². The molecule has 0 N–H and O–H groups in total. The van der Waals surface area contributed by atoms with Gasteiger partial charge in [-0.15, -0.1) is 10.2 Å². The molecule has 0 aliphatic carbocycles. The maximum Gasteiger partial charge on any atom is 0.276 e. The van der Waals surface area contributed by atoms with Crippen LogP contribution in [0, 0.1) is 0 Å². The number of rotatable bonds is 4. The van der Waals surface area contributed by atoms with E-state index in [0.717, 1.165) is 11.6 Å². The number of hydrogen-bond acceptors (Lipinski definition) is 6. The molecule has 8 heteroatoms. The molecule has 1 aliphatic rings. The van der Waals surface area contributed by atoms with Crippen LogP contribution in [0.2, 0.25) is 0 Å². The predicted molar refractivity (Wildman–Crippen MR) is 80.8 cm³/mol. The van der Waals surface area contributed by atoms with E-state index < -0.39 is 0 Å². The van der Waals surface area contributed by atoms with Gasteiger partial charge in [0, 0.05) is 32.2 Å². The standard InChI is InChI=1S/C15H21N5O3/c1-9(2)13-16-17-14-10(3)19(5-6-20(13)14)15(21)12-7-11(8-22-4)23-18-12/h7,9-10H,5-6,8H2,1-4H3. The Bertz CT molecular complexity index is 706. The van der Waals surface area contributed by atoms with Gasteiger partial charge in [0.05, 0.1) is 6.04 Å². The molecule has 1 atom stereocenters. The highest BCUT2D eigenvalue weighted by molar-refractivity contribution is 5.92. The first kappa shape index (κ1) is 15.7. The average molecular weight is 319 g/mol. The second-order valence-corrected chi connectivity index (χ2v) is 6.01. The van der Waals surface area contributed by atoms with Crippen molar-refractivity contribution in [3.05, 3.63) is 29.2 Å². The van der Waals surface area contributed by atoms with Crippen LogP contribution in [0.5, 0.6) is 0 Å². The van der Waals surface area contributed by atoms with Crippen molar-refractivity contribution in [2.24, 2.45) is 0 Å². The number of carbonyl (C=O) groups is 1. The van der Waals surface area contributed by atoms with Crippen molar-refractivity contribution in [2.75, 3.05) is 13.7 Å². The van der Waals surface area contributed by atoms with Gasteiger partial charge >= 0.3 is 0 Å². The van der Waals surface area contributed by atoms with Gasteiger partial charge in [-0.1, -0.05) is 19.0 Å². The van der Waals surface area contributed by atoms with Crippen LogP contribution in [0.25, 0.3) is 0 Å². The maximum absolute atomic E-state index is 12.7. The molecule has 0 saturated heterocycles. The molecule has 3 rings (SSSR count). The van der Waals surface area contributed by atoms with Crippen LogP contribution in [0.15, 0.2) is 10.6 Å². The highest BCUT2D eigenvalue weighted by Gasteiger charge is 2.33. The van der Waals surface area contributed by atoms with Gasteiger partial charge < -0.3 is 18.7 Å². The second kappa shape index (κ2) is 6.11. The van der Waals surface area contributed by atoms with E-state index >= 15 is 0 Å². The van der Waals surface area contributed by atoms with Crippen molar-refractivity contribution in [1.82, 2.24) is 24.8 Å². The number of methoxy groups -OCH3 is 1. The molecule has 124 valence electrons. The van der Waals surface area contributed by atoms with E-state index in [1.54, 1.807) is 18.1 Å². The van der Waals surface area contributed by atoms with Crippen LogP contribution in [-0.2, 0) is 17.9 Å². The lowest BCUT2D eigenvalue weighted by atomic mass is 10.1. The maximum atomic E-state index is 12.7. The van der Waals surface area contributed by atoms with E-state index in [2.05, 4.69) is 33.8 Å². The summed E-state index contributed by atoms with van der Waals surface area (Å²) in [6, 6.07) is 1.47. The molecule has 3 heterocycles. The Balaban J connectivity index is 1.82. The smallest absolute Gasteiger partial charge is 0.276 e. The lowest BCUT2D eigenvalue weighted by Gasteiger charge is -2.33. The van der Waals surface area contributed by atoms with Crippen molar-refractivity contribution < 1.29 is 14.1 Å². The van der Waals surface area contributed by atoms with E-state index in [1.807, 2.05) is 6.92 Å². The monoisotopic (exact) mass is 319 g/mol. The van der Waals surface area contributed by atoms with E-state index in [-0.39, 0.29) is 11.9 Å². The summed E-state index contributed by atoms with van der Waals surface area (Å²) in [5, 5.41) is 12.4. The third-order valence-electron chi connectivity index (χ3n) is 4.06. The number of fused-ring (bicyclic) bond motifs is 1. The summed E-state index contributed by atoms with van der Waals surface area (Å²) < 4.78 is 12.2. The first-order valence-electron chi connectivity index (χ1n) is 7.71. The van der Waals surface area contributed by atoms with Crippen LogP contribution in [-0.4, -0.2) is 44.4 Å². The first-order chi connectivity index (χ1) is 11.0. The van der Waals surface area contributed by atoms with Crippen molar-refractivity contribution in [3.63, 3.8) is 0 Å². The average Bonchev–Trinajstić information content (AvgIpc) is 3.14. The molecule has 2 aromatic rings. The van der Waals surface area contributed by atoms with E-state index in [1.165, 1.54) is 0 Å². The number of aromatic nitrogens is 4. The van der Waals surface area contributed by atoms with Gasteiger partial charge in [0.1, 0.15) is 12.4 Å². The zero-order chi connectivity index (χ0) is 16.6. The normalized spacial score (nSPS) is 17.6. The van der Waals surface area contributed by atoms with Crippen LogP contribution in [0.3, 0.4) is 0 Å². The molecule has 1 aliphatic heterocycles. The highest BCUT2D eigenvalue weighted by atomic mass is 16.5. The Morgan fingerprint density at radius 3 is 2.91 bits per heavy atom. The molecule has 0 radical (unpaired) electrons. The van der Waals surface area contributed by atoms with Crippen molar-refractivity contribution in [3.8, 4) is 0 Å². The molecule has 23 heavy (non-hydrogen) atoms. The van der Waals surface area contributed by atoms with E-state index in [0.29, 0.717) is 37.1 Å². The number of nitrogens with zero attached hydrogens (tertiary/aromatic N) is 5. The summed E-state index contributed by atoms with van der Waals surface area (Å²) in [5.74, 6) is 2.45. The zero-order valence-corrected chi connectivity index (χ0v) is 13.8. The molecule has 0 bridgehead atoms. The SMILES string of the molecule is COCc1cc(C(=O)N2CCn3c(C(C)C)nnc3C2C)no1. The molecule has 0 spiro atoms. The molecule has 0 aromatic carbocycles. The summed E-state index contributed by atoms with van der Waals surface area (Å²) in [6.45, 7) is 7.71. The minimum absolute atomic E-state index is 0.154. The Hall–Kier alpha value is -2.22. The number of ether oxygens (including phenoxy) is 1. The van der Waals surface area contributed by atoms with Gasteiger partial charge in [-0.05, 0) is 6.92 Å². The predicted octanol–water partition coefficient (Wildman–Crippen LogP) is 1.75. The van der Waals surface area contributed by atoms with Crippen LogP contribution in [0.1, 0.15) is 60.6 Å². The van der Waals surface area contributed by atoms with Gasteiger partial charge in [-0.2, -0.15) is 0 Å². The summed E-state index contributed by atoms with van der Waals surface area (Å²) in [6.07, 6.45) is 0. The third-order valence-corrected chi connectivity index (χ3v) is 4.06. The number of carbonyl (C=O) groups excluding carboxylic acids is 1.